The number of carboxylic acids is 1. The first-order chi connectivity index (χ1) is 9.08. The molecule has 0 amide bonds. The molecule has 0 aromatic carbocycles. The van der Waals surface area contributed by atoms with E-state index in [2.05, 4.69) is 0 Å². The topological polar surface area (TPSA) is 54.4 Å². The molecule has 0 aliphatic heterocycles. The van der Waals surface area contributed by atoms with Crippen LogP contribution in [0.25, 0.3) is 0 Å². The SMILES string of the molecule is CC(=O)C/C=C\CCC(C(=O)O)[C@@H]1C[C@H]2CC[C@H]1C2. The Morgan fingerprint density at radius 1 is 1.26 bits per heavy atom. The number of hydrogen-bond acceptors (Lipinski definition) is 2. The summed E-state index contributed by atoms with van der Waals surface area (Å²) in [5.41, 5.74) is 0. The summed E-state index contributed by atoms with van der Waals surface area (Å²) >= 11 is 0. The standard InChI is InChI=1S/C16H24O3/c1-11(17)5-3-2-4-6-14(16(18)19)15-10-12-7-8-13(15)9-12/h2-3,12-15H,4-10H2,1H3,(H,18,19)/b3-2-/t12-,13-,14?,15+/m0/s1. The van der Waals surface area contributed by atoms with Gasteiger partial charge in [0.25, 0.3) is 0 Å². The highest BCUT2D eigenvalue weighted by atomic mass is 16.4. The van der Waals surface area contributed by atoms with Crippen LogP contribution in [-0.4, -0.2) is 16.9 Å². The lowest BCUT2D eigenvalue weighted by Gasteiger charge is -2.27. The van der Waals surface area contributed by atoms with Crippen LogP contribution in [0.1, 0.15) is 51.9 Å². The number of hydrogen-bond donors (Lipinski definition) is 1. The maximum absolute atomic E-state index is 11.5. The maximum Gasteiger partial charge on any atom is 0.306 e. The summed E-state index contributed by atoms with van der Waals surface area (Å²) in [5.74, 6) is 1.20. The van der Waals surface area contributed by atoms with E-state index in [0.717, 1.165) is 25.2 Å². The quantitative estimate of drug-likeness (QED) is 0.717. The van der Waals surface area contributed by atoms with Crippen LogP contribution in [0.3, 0.4) is 0 Å². The summed E-state index contributed by atoms with van der Waals surface area (Å²) in [5, 5.41) is 9.43. The van der Waals surface area contributed by atoms with Gasteiger partial charge in [-0.15, -0.1) is 0 Å². The number of aliphatic carboxylic acids is 1. The molecule has 106 valence electrons. The van der Waals surface area contributed by atoms with E-state index in [4.69, 9.17) is 0 Å². The summed E-state index contributed by atoms with van der Waals surface area (Å²) < 4.78 is 0. The maximum atomic E-state index is 11.5. The van der Waals surface area contributed by atoms with Gasteiger partial charge in [-0.1, -0.05) is 18.6 Å². The minimum atomic E-state index is -0.627. The van der Waals surface area contributed by atoms with Gasteiger partial charge in [-0.3, -0.25) is 9.59 Å². The molecule has 3 nitrogen and oxygen atoms in total. The van der Waals surface area contributed by atoms with Crippen molar-refractivity contribution in [1.82, 2.24) is 0 Å². The molecule has 3 heteroatoms. The van der Waals surface area contributed by atoms with Crippen LogP contribution >= 0.6 is 0 Å². The number of carbonyl (C=O) groups is 2. The zero-order valence-corrected chi connectivity index (χ0v) is 11.7. The second-order valence-corrected chi connectivity index (χ2v) is 6.24. The van der Waals surface area contributed by atoms with E-state index in [1.807, 2.05) is 12.2 Å². The van der Waals surface area contributed by atoms with Crippen molar-refractivity contribution < 1.29 is 14.7 Å². The molecule has 2 rings (SSSR count). The van der Waals surface area contributed by atoms with Gasteiger partial charge in [0, 0.05) is 6.42 Å². The van der Waals surface area contributed by atoms with E-state index >= 15 is 0 Å². The smallest absolute Gasteiger partial charge is 0.306 e. The van der Waals surface area contributed by atoms with E-state index in [1.165, 1.54) is 19.3 Å². The zero-order chi connectivity index (χ0) is 13.8. The van der Waals surface area contributed by atoms with Crippen molar-refractivity contribution in [3.05, 3.63) is 12.2 Å². The van der Waals surface area contributed by atoms with Gasteiger partial charge in [0.1, 0.15) is 5.78 Å². The summed E-state index contributed by atoms with van der Waals surface area (Å²) in [4.78, 5) is 22.3. The highest BCUT2D eigenvalue weighted by Crippen LogP contribution is 2.51. The van der Waals surface area contributed by atoms with Crippen molar-refractivity contribution in [2.24, 2.45) is 23.7 Å². The molecule has 19 heavy (non-hydrogen) atoms. The van der Waals surface area contributed by atoms with Gasteiger partial charge in [-0.25, -0.2) is 0 Å². The predicted octanol–water partition coefficient (Wildman–Crippen LogP) is 3.44. The Labute approximate surface area is 115 Å². The van der Waals surface area contributed by atoms with Gasteiger partial charge >= 0.3 is 5.97 Å². The molecule has 0 heterocycles. The van der Waals surface area contributed by atoms with Crippen molar-refractivity contribution in [2.45, 2.75) is 51.9 Å². The van der Waals surface area contributed by atoms with Gasteiger partial charge in [0.2, 0.25) is 0 Å². The fraction of sp³-hybridized carbons (Fsp3) is 0.750. The summed E-state index contributed by atoms with van der Waals surface area (Å²) in [6.07, 6.45) is 10.7. The molecule has 0 saturated heterocycles. The van der Waals surface area contributed by atoms with Crippen LogP contribution in [0.5, 0.6) is 0 Å². The third-order valence-electron chi connectivity index (χ3n) is 4.84. The van der Waals surface area contributed by atoms with Crippen LogP contribution in [-0.2, 0) is 9.59 Å². The molecule has 2 aliphatic carbocycles. The normalized spacial score (nSPS) is 30.9. The van der Waals surface area contributed by atoms with E-state index in [0.29, 0.717) is 18.3 Å². The van der Waals surface area contributed by atoms with Gasteiger partial charge < -0.3 is 5.11 Å². The Balaban J connectivity index is 1.82. The van der Waals surface area contributed by atoms with Gasteiger partial charge in [0.05, 0.1) is 5.92 Å². The van der Waals surface area contributed by atoms with Crippen molar-refractivity contribution >= 4 is 11.8 Å². The lowest BCUT2D eigenvalue weighted by molar-refractivity contribution is -0.144. The average molecular weight is 264 g/mol. The van der Waals surface area contributed by atoms with Crippen LogP contribution in [0.15, 0.2) is 12.2 Å². The second-order valence-electron chi connectivity index (χ2n) is 6.24. The van der Waals surface area contributed by atoms with Crippen molar-refractivity contribution in [2.75, 3.05) is 0 Å². The molecule has 0 aromatic heterocycles. The molecular formula is C16H24O3. The number of allylic oxidation sites excluding steroid dienone is 2. The second kappa shape index (κ2) is 6.36. The number of fused-ring (bicyclic) bond motifs is 2. The van der Waals surface area contributed by atoms with Crippen LogP contribution in [0, 0.1) is 23.7 Å². The highest BCUT2D eigenvalue weighted by molar-refractivity contribution is 5.76. The van der Waals surface area contributed by atoms with Gasteiger partial charge in [0.15, 0.2) is 0 Å². The Bertz CT molecular complexity index is 372. The lowest BCUT2D eigenvalue weighted by Crippen LogP contribution is -2.27. The number of Topliss-reactive ketones (excluding diaryl/α,β-unsaturated/α-hetero) is 1. The van der Waals surface area contributed by atoms with E-state index in [9.17, 15) is 14.7 Å². The van der Waals surface area contributed by atoms with Crippen LogP contribution in [0.2, 0.25) is 0 Å². The Morgan fingerprint density at radius 3 is 2.58 bits per heavy atom. The fourth-order valence-electron chi connectivity index (χ4n) is 3.95. The third kappa shape index (κ3) is 3.68. The van der Waals surface area contributed by atoms with E-state index in [1.54, 1.807) is 6.92 Å². The summed E-state index contributed by atoms with van der Waals surface area (Å²) in [7, 11) is 0. The average Bonchev–Trinajstić information content (AvgIpc) is 2.94. The van der Waals surface area contributed by atoms with Gasteiger partial charge in [-0.05, 0) is 56.8 Å². The first kappa shape index (κ1) is 14.3. The molecule has 2 bridgehead atoms. The highest BCUT2D eigenvalue weighted by Gasteiger charge is 2.44. The minimum Gasteiger partial charge on any atom is -0.481 e. The number of rotatable bonds is 7. The Kier molecular flexibility index (Phi) is 4.78. The Hall–Kier alpha value is -1.12. The van der Waals surface area contributed by atoms with Crippen LogP contribution in [0.4, 0.5) is 0 Å². The minimum absolute atomic E-state index is 0.152. The number of carbonyl (C=O) groups excluding carboxylic acids is 1. The number of carboxylic acid groups (broad SMARTS) is 1. The fourth-order valence-corrected chi connectivity index (χ4v) is 3.95. The van der Waals surface area contributed by atoms with Gasteiger partial charge in [-0.2, -0.15) is 0 Å². The van der Waals surface area contributed by atoms with E-state index in [-0.39, 0.29) is 11.7 Å². The Morgan fingerprint density at radius 2 is 2.05 bits per heavy atom. The molecule has 1 unspecified atom stereocenters. The third-order valence-corrected chi connectivity index (χ3v) is 4.84. The molecule has 2 aliphatic rings. The summed E-state index contributed by atoms with van der Waals surface area (Å²) in [6, 6.07) is 0. The first-order valence-corrected chi connectivity index (χ1v) is 7.45. The van der Waals surface area contributed by atoms with Crippen molar-refractivity contribution in [1.29, 1.82) is 0 Å². The summed E-state index contributed by atoms with van der Waals surface area (Å²) in [6.45, 7) is 1.57. The molecule has 0 radical (unpaired) electrons. The lowest BCUT2D eigenvalue weighted by atomic mass is 9.77. The molecule has 2 fully saturated rings. The largest absolute Gasteiger partial charge is 0.481 e. The monoisotopic (exact) mass is 264 g/mol. The van der Waals surface area contributed by atoms with E-state index < -0.39 is 5.97 Å². The number of ketones is 1. The molecular weight excluding hydrogens is 240 g/mol. The first-order valence-electron chi connectivity index (χ1n) is 7.45. The molecule has 0 aromatic rings. The van der Waals surface area contributed by atoms with Crippen molar-refractivity contribution in [3.8, 4) is 0 Å². The molecule has 4 atom stereocenters. The van der Waals surface area contributed by atoms with Crippen molar-refractivity contribution in [3.63, 3.8) is 0 Å². The van der Waals surface area contributed by atoms with Crippen LogP contribution < -0.4 is 0 Å². The molecule has 1 N–H and O–H groups in total. The predicted molar refractivity (Wildman–Crippen MR) is 73.7 cm³/mol. The molecule has 2 saturated carbocycles. The zero-order valence-electron chi connectivity index (χ0n) is 11.7. The molecule has 0 spiro atoms.